The molecule has 0 saturated heterocycles. The van der Waals surface area contributed by atoms with Gasteiger partial charge in [-0.3, -0.25) is 14.5 Å². The predicted molar refractivity (Wildman–Crippen MR) is 141 cm³/mol. The number of aliphatic hydroxyl groups excluding tert-OH is 1. The zero-order valence-corrected chi connectivity index (χ0v) is 21.2. The number of furan rings is 1. The number of ether oxygens (including phenoxy) is 2. The molecular weight excluding hydrogens is 494 g/mol. The van der Waals surface area contributed by atoms with Crippen molar-refractivity contribution in [2.24, 2.45) is 0 Å². The Bertz CT molecular complexity index is 1570. The number of nitrogens with zero attached hydrogens (tertiary/aromatic N) is 1. The normalized spacial score (nSPS) is 15.5. The minimum Gasteiger partial charge on any atom is -0.503 e. The van der Waals surface area contributed by atoms with Crippen molar-refractivity contribution < 1.29 is 28.6 Å². The number of halogens is 1. The number of rotatable bonds is 7. The zero-order chi connectivity index (χ0) is 26.3. The van der Waals surface area contributed by atoms with E-state index in [2.05, 4.69) is 0 Å². The number of methoxy groups -OCH3 is 1. The van der Waals surface area contributed by atoms with Crippen LogP contribution in [0.4, 0.5) is 5.69 Å². The first-order chi connectivity index (χ1) is 17.8. The molecule has 0 radical (unpaired) electrons. The van der Waals surface area contributed by atoms with Gasteiger partial charge in [-0.05, 0) is 49.2 Å². The van der Waals surface area contributed by atoms with Gasteiger partial charge in [-0.1, -0.05) is 41.9 Å². The summed E-state index contributed by atoms with van der Waals surface area (Å²) in [5.41, 5.74) is 2.29. The van der Waals surface area contributed by atoms with Gasteiger partial charge < -0.3 is 19.0 Å². The summed E-state index contributed by atoms with van der Waals surface area (Å²) in [6.07, 6.45) is 0. The molecule has 5 rings (SSSR count). The van der Waals surface area contributed by atoms with Crippen molar-refractivity contribution in [3.05, 3.63) is 100.0 Å². The molecule has 0 aliphatic carbocycles. The van der Waals surface area contributed by atoms with Gasteiger partial charge >= 0.3 is 0 Å². The van der Waals surface area contributed by atoms with E-state index in [1.807, 2.05) is 38.1 Å². The quantitative estimate of drug-likeness (QED) is 0.278. The first-order valence-corrected chi connectivity index (χ1v) is 12.1. The molecular formula is C29H24ClNO6. The molecule has 37 heavy (non-hydrogen) atoms. The number of amides is 1. The summed E-state index contributed by atoms with van der Waals surface area (Å²) >= 11 is 6.19. The summed E-state index contributed by atoms with van der Waals surface area (Å²) in [4.78, 5) is 28.8. The lowest BCUT2D eigenvalue weighted by Crippen LogP contribution is -2.31. The number of ketones is 1. The van der Waals surface area contributed by atoms with Crippen LogP contribution in [0, 0.1) is 6.92 Å². The van der Waals surface area contributed by atoms with E-state index in [4.69, 9.17) is 25.5 Å². The summed E-state index contributed by atoms with van der Waals surface area (Å²) in [6.45, 7) is 4.20. The highest BCUT2D eigenvalue weighted by atomic mass is 35.5. The second-order valence-electron chi connectivity index (χ2n) is 8.59. The molecule has 7 nitrogen and oxygen atoms in total. The lowest BCUT2D eigenvalue weighted by molar-refractivity contribution is -0.117. The summed E-state index contributed by atoms with van der Waals surface area (Å²) in [5.74, 6) is -1.05. The highest BCUT2D eigenvalue weighted by molar-refractivity contribution is 6.31. The first kappa shape index (κ1) is 24.5. The van der Waals surface area contributed by atoms with Crippen LogP contribution in [0.2, 0.25) is 5.02 Å². The van der Waals surface area contributed by atoms with Crippen molar-refractivity contribution in [3.8, 4) is 11.5 Å². The van der Waals surface area contributed by atoms with Crippen LogP contribution in [0.25, 0.3) is 11.0 Å². The molecule has 3 aromatic carbocycles. The van der Waals surface area contributed by atoms with Crippen molar-refractivity contribution in [1.29, 1.82) is 0 Å². The molecule has 0 saturated carbocycles. The fourth-order valence-electron chi connectivity index (χ4n) is 4.66. The maximum absolute atomic E-state index is 13.9. The Morgan fingerprint density at radius 3 is 2.62 bits per heavy atom. The van der Waals surface area contributed by atoms with E-state index >= 15 is 0 Å². The number of carbonyl (C=O) groups excluding carboxylic acids is 2. The predicted octanol–water partition coefficient (Wildman–Crippen LogP) is 6.58. The Morgan fingerprint density at radius 1 is 1.11 bits per heavy atom. The van der Waals surface area contributed by atoms with Gasteiger partial charge in [-0.2, -0.15) is 0 Å². The van der Waals surface area contributed by atoms with E-state index in [0.29, 0.717) is 45.3 Å². The Kier molecular flexibility index (Phi) is 6.39. The Morgan fingerprint density at radius 2 is 1.89 bits per heavy atom. The smallest absolute Gasteiger partial charge is 0.294 e. The number of benzene rings is 3. The minimum absolute atomic E-state index is 0.0478. The van der Waals surface area contributed by atoms with Gasteiger partial charge in [-0.25, -0.2) is 0 Å². The number of aryl methyl sites for hydroxylation is 1. The van der Waals surface area contributed by atoms with Crippen molar-refractivity contribution in [2.45, 2.75) is 19.9 Å². The topological polar surface area (TPSA) is 89.2 Å². The summed E-state index contributed by atoms with van der Waals surface area (Å²) < 4.78 is 16.9. The van der Waals surface area contributed by atoms with Gasteiger partial charge in [0.2, 0.25) is 5.78 Å². The van der Waals surface area contributed by atoms with Crippen LogP contribution in [-0.4, -0.2) is 30.5 Å². The molecule has 4 aromatic rings. The Hall–Kier alpha value is -4.23. The monoisotopic (exact) mass is 517 g/mol. The Balaban J connectivity index is 1.67. The molecule has 1 atom stereocenters. The molecule has 1 aliphatic rings. The third-order valence-electron chi connectivity index (χ3n) is 6.33. The molecule has 0 bridgehead atoms. The molecule has 1 aromatic heterocycles. The van der Waals surface area contributed by atoms with Gasteiger partial charge in [0.25, 0.3) is 5.91 Å². The number of aliphatic hydroxyl groups is 1. The molecule has 1 N–H and O–H groups in total. The van der Waals surface area contributed by atoms with E-state index in [0.717, 1.165) is 5.56 Å². The van der Waals surface area contributed by atoms with Crippen molar-refractivity contribution >= 4 is 39.9 Å². The fraction of sp³-hybridized carbons (Fsp3) is 0.172. The third-order valence-corrected chi connectivity index (χ3v) is 6.55. The maximum atomic E-state index is 13.9. The number of anilines is 1. The molecule has 0 fully saturated rings. The lowest BCUT2D eigenvalue weighted by atomic mass is 9.92. The second kappa shape index (κ2) is 9.67. The third kappa shape index (κ3) is 4.21. The van der Waals surface area contributed by atoms with Gasteiger partial charge in [0, 0.05) is 28.2 Å². The van der Waals surface area contributed by atoms with Gasteiger partial charge in [0.15, 0.2) is 22.9 Å². The van der Waals surface area contributed by atoms with Crippen LogP contribution in [-0.2, 0) is 4.79 Å². The van der Waals surface area contributed by atoms with Crippen molar-refractivity contribution in [1.82, 2.24) is 0 Å². The molecule has 1 aliphatic heterocycles. The van der Waals surface area contributed by atoms with Gasteiger partial charge in [0.05, 0.1) is 25.3 Å². The number of fused-ring (bicyclic) bond motifs is 1. The average Bonchev–Trinajstić information content (AvgIpc) is 3.42. The fourth-order valence-corrected chi connectivity index (χ4v) is 4.88. The summed E-state index contributed by atoms with van der Waals surface area (Å²) in [7, 11) is 1.47. The molecule has 188 valence electrons. The summed E-state index contributed by atoms with van der Waals surface area (Å²) in [5, 5.41) is 12.1. The molecule has 8 heteroatoms. The van der Waals surface area contributed by atoms with Crippen LogP contribution < -0.4 is 14.4 Å². The lowest BCUT2D eigenvalue weighted by Gasteiger charge is -2.28. The number of hydrogen-bond donors (Lipinski definition) is 1. The first-order valence-electron chi connectivity index (χ1n) is 11.7. The highest BCUT2D eigenvalue weighted by Crippen LogP contribution is 2.44. The van der Waals surface area contributed by atoms with Crippen molar-refractivity contribution in [2.75, 3.05) is 18.6 Å². The average molecular weight is 518 g/mol. The van der Waals surface area contributed by atoms with Crippen LogP contribution in [0.15, 0.2) is 82.5 Å². The second-order valence-corrected chi connectivity index (χ2v) is 9.03. The zero-order valence-electron chi connectivity index (χ0n) is 20.4. The van der Waals surface area contributed by atoms with Crippen LogP contribution in [0.1, 0.15) is 34.6 Å². The van der Waals surface area contributed by atoms with E-state index in [1.165, 1.54) is 18.1 Å². The van der Waals surface area contributed by atoms with Crippen LogP contribution >= 0.6 is 11.6 Å². The van der Waals surface area contributed by atoms with E-state index in [1.54, 1.807) is 36.4 Å². The standard InChI is InChI=1S/C29H24ClNO6/c1-4-36-20-10-7-9-19(15-20)31-25(21-11-6-5-8-16(21)2)24(27(33)29(31)34)26(32)22-13-17-12-18(30)14-23(35-3)28(17)37-22/h5-15,25,33H,4H2,1-3H3. The largest absolute Gasteiger partial charge is 0.503 e. The van der Waals surface area contributed by atoms with Gasteiger partial charge in [-0.15, -0.1) is 0 Å². The molecule has 1 unspecified atom stereocenters. The van der Waals surface area contributed by atoms with E-state index in [-0.39, 0.29) is 11.3 Å². The minimum atomic E-state index is -0.892. The van der Waals surface area contributed by atoms with Crippen molar-refractivity contribution in [3.63, 3.8) is 0 Å². The van der Waals surface area contributed by atoms with Crippen LogP contribution in [0.3, 0.4) is 0 Å². The number of hydrogen-bond acceptors (Lipinski definition) is 6. The van der Waals surface area contributed by atoms with E-state index in [9.17, 15) is 14.7 Å². The van der Waals surface area contributed by atoms with E-state index < -0.39 is 23.5 Å². The number of carbonyl (C=O) groups is 2. The highest BCUT2D eigenvalue weighted by Gasteiger charge is 2.46. The number of Topliss-reactive ketones (excluding diaryl/α,β-unsaturated/α-hetero) is 1. The maximum Gasteiger partial charge on any atom is 0.294 e. The molecule has 1 amide bonds. The SMILES string of the molecule is CCOc1cccc(N2C(=O)C(O)=C(C(=O)c3cc4cc(Cl)cc(OC)c4o3)C2c2ccccc2C)c1. The molecule has 2 heterocycles. The van der Waals surface area contributed by atoms with Crippen LogP contribution in [0.5, 0.6) is 11.5 Å². The Labute approximate surface area is 218 Å². The summed E-state index contributed by atoms with van der Waals surface area (Å²) in [6, 6.07) is 18.3. The molecule has 0 spiro atoms. The van der Waals surface area contributed by atoms with Gasteiger partial charge in [0.1, 0.15) is 5.75 Å².